The molecule has 2 nitrogen and oxygen atoms in total. The molecule has 1 aromatic carbocycles. The Labute approximate surface area is 109 Å². The summed E-state index contributed by atoms with van der Waals surface area (Å²) >= 11 is 0. The summed E-state index contributed by atoms with van der Waals surface area (Å²) < 4.78 is 0. The normalized spacial score (nSPS) is 38.9. The van der Waals surface area contributed by atoms with Crippen LogP contribution in [-0.4, -0.2) is 30.6 Å². The van der Waals surface area contributed by atoms with Crippen LogP contribution in [0.4, 0.5) is 0 Å². The molecule has 3 saturated heterocycles. The first kappa shape index (κ1) is 11.0. The van der Waals surface area contributed by atoms with E-state index >= 15 is 0 Å². The van der Waals surface area contributed by atoms with Gasteiger partial charge in [-0.15, -0.1) is 0 Å². The Balaban J connectivity index is 1.47. The molecule has 96 valence electrons. The van der Waals surface area contributed by atoms with E-state index in [1.807, 2.05) is 0 Å². The van der Waals surface area contributed by atoms with Gasteiger partial charge in [0.2, 0.25) is 0 Å². The molecule has 2 bridgehead atoms. The van der Waals surface area contributed by atoms with E-state index in [-0.39, 0.29) is 0 Å². The van der Waals surface area contributed by atoms with Crippen molar-refractivity contribution in [2.75, 3.05) is 19.6 Å². The zero-order chi connectivity index (χ0) is 11.9. The molecule has 1 aliphatic carbocycles. The molecule has 1 N–H and O–H groups in total. The van der Waals surface area contributed by atoms with Gasteiger partial charge in [0.05, 0.1) is 0 Å². The van der Waals surface area contributed by atoms with E-state index in [4.69, 9.17) is 0 Å². The molecule has 1 aromatic rings. The van der Waals surface area contributed by atoms with E-state index in [9.17, 15) is 0 Å². The highest BCUT2D eigenvalue weighted by Gasteiger charge is 2.47. The molecule has 1 saturated carbocycles. The molecule has 3 aliphatic heterocycles. The first-order valence-electron chi connectivity index (χ1n) is 7.40. The van der Waals surface area contributed by atoms with Gasteiger partial charge >= 0.3 is 0 Å². The van der Waals surface area contributed by atoms with Crippen molar-refractivity contribution in [3.05, 3.63) is 35.9 Å². The molecule has 0 unspecified atom stereocenters. The van der Waals surface area contributed by atoms with Gasteiger partial charge in [-0.25, -0.2) is 0 Å². The van der Waals surface area contributed by atoms with Crippen LogP contribution in [0.3, 0.4) is 0 Å². The van der Waals surface area contributed by atoms with Crippen LogP contribution >= 0.6 is 0 Å². The van der Waals surface area contributed by atoms with Gasteiger partial charge in [-0.1, -0.05) is 30.3 Å². The van der Waals surface area contributed by atoms with Gasteiger partial charge in [0.15, 0.2) is 0 Å². The first-order valence-corrected chi connectivity index (χ1v) is 7.40. The summed E-state index contributed by atoms with van der Waals surface area (Å²) in [6, 6.07) is 11.8. The second kappa shape index (κ2) is 4.36. The fraction of sp³-hybridized carbons (Fsp3) is 0.625. The lowest BCUT2D eigenvalue weighted by molar-refractivity contribution is 0.0926. The number of rotatable bonds is 2. The van der Waals surface area contributed by atoms with Gasteiger partial charge in [-0.3, -0.25) is 4.90 Å². The summed E-state index contributed by atoms with van der Waals surface area (Å²) in [6.45, 7) is 5.08. The Hall–Kier alpha value is -0.860. The van der Waals surface area contributed by atoms with Crippen molar-refractivity contribution >= 4 is 0 Å². The number of nitrogens with one attached hydrogen (secondary N) is 1. The van der Waals surface area contributed by atoms with Crippen molar-refractivity contribution in [1.82, 2.24) is 10.2 Å². The summed E-state index contributed by atoms with van der Waals surface area (Å²) in [4.78, 5) is 2.68. The van der Waals surface area contributed by atoms with E-state index in [0.717, 1.165) is 30.3 Å². The minimum Gasteiger partial charge on any atom is -0.313 e. The maximum absolute atomic E-state index is 3.75. The molecule has 3 heterocycles. The molecule has 18 heavy (non-hydrogen) atoms. The molecule has 0 amide bonds. The maximum Gasteiger partial charge on any atom is 0.0233 e. The fourth-order valence-electron chi connectivity index (χ4n) is 4.47. The topological polar surface area (TPSA) is 15.3 Å². The minimum absolute atomic E-state index is 0.820. The van der Waals surface area contributed by atoms with Gasteiger partial charge in [-0.05, 0) is 42.7 Å². The number of hydrogen-bond acceptors (Lipinski definition) is 2. The molecule has 0 radical (unpaired) electrons. The molecule has 0 spiro atoms. The largest absolute Gasteiger partial charge is 0.313 e. The van der Waals surface area contributed by atoms with Crippen LogP contribution in [-0.2, 0) is 6.54 Å². The Kier molecular flexibility index (Phi) is 2.66. The van der Waals surface area contributed by atoms with Crippen LogP contribution in [0.5, 0.6) is 0 Å². The molecule has 2 heteroatoms. The summed E-state index contributed by atoms with van der Waals surface area (Å²) in [5.74, 6) is 2.87. The minimum atomic E-state index is 0.820. The quantitative estimate of drug-likeness (QED) is 0.854. The number of fused-ring (bicyclic) bond motifs is 2. The predicted octanol–water partition coefficient (Wildman–Crippen LogP) is 2.12. The zero-order valence-corrected chi connectivity index (χ0v) is 10.9. The second-order valence-electron chi connectivity index (χ2n) is 6.36. The third-order valence-corrected chi connectivity index (χ3v) is 5.35. The van der Waals surface area contributed by atoms with Crippen molar-refractivity contribution in [1.29, 1.82) is 0 Å². The summed E-state index contributed by atoms with van der Waals surface area (Å²) in [7, 11) is 0. The highest BCUT2D eigenvalue weighted by atomic mass is 15.2. The van der Waals surface area contributed by atoms with Crippen molar-refractivity contribution in [3.8, 4) is 0 Å². The average Bonchev–Trinajstić information content (AvgIpc) is 2.86. The summed E-state index contributed by atoms with van der Waals surface area (Å²) in [6.07, 6.45) is 2.89. The zero-order valence-electron chi connectivity index (χ0n) is 10.9. The second-order valence-corrected chi connectivity index (χ2v) is 6.36. The summed E-state index contributed by atoms with van der Waals surface area (Å²) in [5, 5.41) is 3.75. The number of likely N-dealkylation sites (tertiary alicyclic amines) is 1. The van der Waals surface area contributed by atoms with E-state index in [0.29, 0.717) is 0 Å². The monoisotopic (exact) mass is 242 g/mol. The van der Waals surface area contributed by atoms with Gasteiger partial charge in [0, 0.05) is 25.7 Å². The standard InChI is InChI=1S/C16H22N2/c1-2-4-12(5-3-1)9-18-10-14-13-6-7-16(17-8-13)15(14)11-18/h1-5,13-17H,6-11H2/t13-,14-,15-,16+/m0/s1. The highest BCUT2D eigenvalue weighted by molar-refractivity contribution is 5.15. The fourth-order valence-corrected chi connectivity index (χ4v) is 4.47. The molecule has 4 aliphatic rings. The summed E-state index contributed by atoms with van der Waals surface area (Å²) in [5.41, 5.74) is 1.47. The number of piperidine rings is 2. The number of hydrogen-bond donors (Lipinski definition) is 1. The lowest BCUT2D eigenvalue weighted by atomic mass is 9.68. The van der Waals surface area contributed by atoms with Crippen LogP contribution in [0, 0.1) is 17.8 Å². The van der Waals surface area contributed by atoms with Gasteiger partial charge in [-0.2, -0.15) is 0 Å². The smallest absolute Gasteiger partial charge is 0.0233 e. The van der Waals surface area contributed by atoms with Gasteiger partial charge < -0.3 is 5.32 Å². The van der Waals surface area contributed by atoms with E-state index in [1.165, 1.54) is 38.0 Å². The SMILES string of the molecule is c1ccc(CN2C[C@H]3[C@H]4CC[C@@H](NC4)[C@H]3C2)cc1. The van der Waals surface area contributed by atoms with Gasteiger partial charge in [0.1, 0.15) is 0 Å². The van der Waals surface area contributed by atoms with Crippen LogP contribution in [0.25, 0.3) is 0 Å². The maximum atomic E-state index is 3.75. The van der Waals surface area contributed by atoms with Crippen LogP contribution in [0.1, 0.15) is 18.4 Å². The third kappa shape index (κ3) is 1.79. The molecular formula is C16H22N2. The molecular weight excluding hydrogens is 220 g/mol. The van der Waals surface area contributed by atoms with Gasteiger partial charge in [0.25, 0.3) is 0 Å². The van der Waals surface area contributed by atoms with Crippen molar-refractivity contribution in [2.45, 2.75) is 25.4 Å². The van der Waals surface area contributed by atoms with Crippen LogP contribution in [0.15, 0.2) is 30.3 Å². The third-order valence-electron chi connectivity index (χ3n) is 5.35. The van der Waals surface area contributed by atoms with Crippen LogP contribution in [0.2, 0.25) is 0 Å². The van der Waals surface area contributed by atoms with E-state index < -0.39 is 0 Å². The van der Waals surface area contributed by atoms with E-state index in [2.05, 4.69) is 40.5 Å². The lowest BCUT2D eigenvalue weighted by Crippen LogP contribution is -2.54. The number of nitrogens with zero attached hydrogens (tertiary/aromatic N) is 1. The molecule has 5 rings (SSSR count). The predicted molar refractivity (Wildman–Crippen MR) is 73.2 cm³/mol. The molecule has 0 aromatic heterocycles. The number of benzene rings is 1. The van der Waals surface area contributed by atoms with E-state index in [1.54, 1.807) is 0 Å². The van der Waals surface area contributed by atoms with Crippen molar-refractivity contribution in [2.24, 2.45) is 17.8 Å². The Bertz CT molecular complexity index is 388. The molecule has 4 atom stereocenters. The lowest BCUT2D eigenvalue weighted by Gasteiger charge is -2.45. The highest BCUT2D eigenvalue weighted by Crippen LogP contribution is 2.43. The van der Waals surface area contributed by atoms with Crippen molar-refractivity contribution < 1.29 is 0 Å². The Morgan fingerprint density at radius 2 is 1.89 bits per heavy atom. The Morgan fingerprint density at radius 1 is 1.06 bits per heavy atom. The first-order chi connectivity index (χ1) is 8.90. The Morgan fingerprint density at radius 3 is 2.61 bits per heavy atom. The van der Waals surface area contributed by atoms with Crippen molar-refractivity contribution in [3.63, 3.8) is 0 Å². The average molecular weight is 242 g/mol. The van der Waals surface area contributed by atoms with Crippen LogP contribution < -0.4 is 5.32 Å². The molecule has 4 fully saturated rings.